The normalized spacial score (nSPS) is 10.1. The van der Waals surface area contributed by atoms with Gasteiger partial charge in [-0.15, -0.1) is 0 Å². The first-order valence-corrected chi connectivity index (χ1v) is 8.91. The summed E-state index contributed by atoms with van der Waals surface area (Å²) in [6, 6.07) is 20.8. The molecule has 0 spiro atoms. The van der Waals surface area contributed by atoms with Crippen LogP contribution in [-0.2, 0) is 6.54 Å². The molecule has 0 atom stereocenters. The Labute approximate surface area is 162 Å². The maximum absolute atomic E-state index is 12.1. The van der Waals surface area contributed by atoms with E-state index in [9.17, 15) is 4.79 Å². The summed E-state index contributed by atoms with van der Waals surface area (Å²) in [6.45, 7) is 0.388. The van der Waals surface area contributed by atoms with Gasteiger partial charge < -0.3 is 15.6 Å². The molecule has 0 aliphatic rings. The second kappa shape index (κ2) is 8.11. The summed E-state index contributed by atoms with van der Waals surface area (Å²) in [4.78, 5) is 19.5. The van der Waals surface area contributed by atoms with Crippen molar-refractivity contribution in [2.45, 2.75) is 6.54 Å². The van der Waals surface area contributed by atoms with Gasteiger partial charge in [-0.05, 0) is 35.9 Å². The summed E-state index contributed by atoms with van der Waals surface area (Å²) in [5, 5.41) is 6.68. The average Bonchev–Trinajstić information content (AvgIpc) is 3.21. The molecule has 0 saturated heterocycles. The Kier molecular flexibility index (Phi) is 5.03. The Balaban J connectivity index is 1.49. The lowest BCUT2D eigenvalue weighted by atomic mass is 10.1. The van der Waals surface area contributed by atoms with Crippen molar-refractivity contribution in [2.75, 3.05) is 5.32 Å². The number of pyridine rings is 1. The van der Waals surface area contributed by atoms with Gasteiger partial charge in [-0.1, -0.05) is 48.2 Å². The largest absolute Gasteiger partial charge is 0.346 e. The van der Waals surface area contributed by atoms with Crippen LogP contribution in [0, 0.1) is 11.8 Å². The van der Waals surface area contributed by atoms with Crippen molar-refractivity contribution in [2.24, 2.45) is 0 Å². The summed E-state index contributed by atoms with van der Waals surface area (Å²) in [6.07, 6.45) is 3.59. The standard InChI is InChI=1S/C23H18N4O/c28-23(27-20-8-2-1-3-9-20)26-16-19-7-5-4-6-17(19)10-11-18-12-14-24-22-21(18)13-15-25-22/h1-9,12-15H,16H2,(H,24,25)(H2,26,27,28). The number of anilines is 1. The van der Waals surface area contributed by atoms with Gasteiger partial charge in [0.25, 0.3) is 0 Å². The van der Waals surface area contributed by atoms with Gasteiger partial charge in [-0.3, -0.25) is 0 Å². The first-order chi connectivity index (χ1) is 13.8. The van der Waals surface area contributed by atoms with Crippen molar-refractivity contribution < 1.29 is 4.79 Å². The zero-order valence-electron chi connectivity index (χ0n) is 15.1. The van der Waals surface area contributed by atoms with Crippen LogP contribution in [-0.4, -0.2) is 16.0 Å². The minimum absolute atomic E-state index is 0.253. The first kappa shape index (κ1) is 17.4. The molecule has 0 fully saturated rings. The van der Waals surface area contributed by atoms with Gasteiger partial charge in [0.2, 0.25) is 0 Å². The molecule has 4 rings (SSSR count). The van der Waals surface area contributed by atoms with E-state index in [1.54, 1.807) is 6.20 Å². The molecule has 5 nitrogen and oxygen atoms in total. The quantitative estimate of drug-likeness (QED) is 0.474. The van der Waals surface area contributed by atoms with Gasteiger partial charge in [0, 0.05) is 41.1 Å². The Morgan fingerprint density at radius 3 is 2.61 bits per heavy atom. The summed E-state index contributed by atoms with van der Waals surface area (Å²) in [7, 11) is 0. The molecule has 0 unspecified atom stereocenters. The number of benzene rings is 2. The van der Waals surface area contributed by atoms with Crippen molar-refractivity contribution >= 4 is 22.8 Å². The third-order valence-corrected chi connectivity index (χ3v) is 4.28. The van der Waals surface area contributed by atoms with Crippen LogP contribution in [0.4, 0.5) is 10.5 Å². The van der Waals surface area contributed by atoms with Gasteiger partial charge in [0.05, 0.1) is 0 Å². The molecule has 28 heavy (non-hydrogen) atoms. The number of rotatable bonds is 3. The highest BCUT2D eigenvalue weighted by Crippen LogP contribution is 2.14. The predicted molar refractivity (Wildman–Crippen MR) is 111 cm³/mol. The molecule has 5 heteroatoms. The van der Waals surface area contributed by atoms with E-state index in [4.69, 9.17) is 0 Å². The van der Waals surface area contributed by atoms with E-state index in [0.29, 0.717) is 6.54 Å². The summed E-state index contributed by atoms with van der Waals surface area (Å²) < 4.78 is 0. The van der Waals surface area contributed by atoms with Crippen LogP contribution in [0.1, 0.15) is 16.7 Å². The Bertz CT molecular complexity index is 1170. The molecule has 136 valence electrons. The number of amides is 2. The lowest BCUT2D eigenvalue weighted by Crippen LogP contribution is -2.28. The SMILES string of the molecule is O=C(NCc1ccccc1C#Cc1ccnc2[nH]ccc12)Nc1ccccc1. The number of hydrogen-bond acceptors (Lipinski definition) is 2. The van der Waals surface area contributed by atoms with E-state index in [0.717, 1.165) is 33.4 Å². The minimum Gasteiger partial charge on any atom is -0.346 e. The van der Waals surface area contributed by atoms with Crippen LogP contribution in [0.25, 0.3) is 11.0 Å². The first-order valence-electron chi connectivity index (χ1n) is 8.91. The van der Waals surface area contributed by atoms with E-state index in [1.807, 2.05) is 72.9 Å². The number of carbonyl (C=O) groups is 1. The summed E-state index contributed by atoms with van der Waals surface area (Å²) in [5.41, 5.74) is 4.32. The molecule has 2 heterocycles. The van der Waals surface area contributed by atoms with E-state index < -0.39 is 0 Å². The number of hydrogen-bond donors (Lipinski definition) is 3. The number of H-pyrrole nitrogens is 1. The zero-order valence-corrected chi connectivity index (χ0v) is 15.1. The van der Waals surface area contributed by atoms with Crippen LogP contribution >= 0.6 is 0 Å². The van der Waals surface area contributed by atoms with Gasteiger partial charge in [-0.2, -0.15) is 0 Å². The number of carbonyl (C=O) groups excluding carboxylic acids is 1. The Morgan fingerprint density at radius 1 is 0.929 bits per heavy atom. The third-order valence-electron chi connectivity index (χ3n) is 4.28. The fourth-order valence-corrected chi connectivity index (χ4v) is 2.87. The fraction of sp³-hybridized carbons (Fsp3) is 0.0435. The molecule has 0 saturated carbocycles. The van der Waals surface area contributed by atoms with Crippen LogP contribution in [0.15, 0.2) is 79.1 Å². The van der Waals surface area contributed by atoms with Crippen LogP contribution in [0.2, 0.25) is 0 Å². The number of aromatic nitrogens is 2. The maximum Gasteiger partial charge on any atom is 0.319 e. The monoisotopic (exact) mass is 366 g/mol. The molecule has 2 aromatic heterocycles. The van der Waals surface area contributed by atoms with Crippen LogP contribution in [0.3, 0.4) is 0 Å². The Morgan fingerprint density at radius 2 is 1.71 bits per heavy atom. The molecule has 3 N–H and O–H groups in total. The lowest BCUT2D eigenvalue weighted by molar-refractivity contribution is 0.251. The number of urea groups is 1. The van der Waals surface area contributed by atoms with Crippen molar-refractivity contribution in [1.82, 2.24) is 15.3 Å². The molecule has 2 amide bonds. The lowest BCUT2D eigenvalue weighted by Gasteiger charge is -2.09. The maximum atomic E-state index is 12.1. The second-order valence-electron chi connectivity index (χ2n) is 6.18. The summed E-state index contributed by atoms with van der Waals surface area (Å²) in [5.74, 6) is 6.44. The van der Waals surface area contributed by atoms with E-state index in [1.165, 1.54) is 0 Å². The molecule has 0 bridgehead atoms. The zero-order chi connectivity index (χ0) is 19.2. The average molecular weight is 366 g/mol. The highest BCUT2D eigenvalue weighted by atomic mass is 16.2. The Hall–Kier alpha value is -4.04. The highest BCUT2D eigenvalue weighted by Gasteiger charge is 2.04. The number of para-hydroxylation sites is 1. The topological polar surface area (TPSA) is 69.8 Å². The number of nitrogens with one attached hydrogen (secondary N) is 3. The summed E-state index contributed by atoms with van der Waals surface area (Å²) >= 11 is 0. The molecule has 0 aliphatic heterocycles. The molecule has 0 aliphatic carbocycles. The number of fused-ring (bicyclic) bond motifs is 1. The van der Waals surface area contributed by atoms with Crippen molar-refractivity contribution in [3.8, 4) is 11.8 Å². The van der Waals surface area contributed by atoms with Crippen molar-refractivity contribution in [3.05, 3.63) is 95.8 Å². The van der Waals surface area contributed by atoms with Crippen molar-refractivity contribution in [3.63, 3.8) is 0 Å². The molecule has 4 aromatic rings. The van der Waals surface area contributed by atoms with Gasteiger partial charge >= 0.3 is 6.03 Å². The van der Waals surface area contributed by atoms with E-state index in [-0.39, 0.29) is 6.03 Å². The highest BCUT2D eigenvalue weighted by molar-refractivity contribution is 5.89. The molecule has 0 radical (unpaired) electrons. The second-order valence-corrected chi connectivity index (χ2v) is 6.18. The smallest absolute Gasteiger partial charge is 0.319 e. The number of nitrogens with zero attached hydrogens (tertiary/aromatic N) is 1. The predicted octanol–water partition coefficient (Wildman–Crippen LogP) is 4.28. The molecular weight excluding hydrogens is 348 g/mol. The van der Waals surface area contributed by atoms with Crippen molar-refractivity contribution in [1.29, 1.82) is 0 Å². The van der Waals surface area contributed by atoms with Gasteiger partial charge in [0.1, 0.15) is 5.65 Å². The van der Waals surface area contributed by atoms with E-state index >= 15 is 0 Å². The van der Waals surface area contributed by atoms with Gasteiger partial charge in [-0.25, -0.2) is 9.78 Å². The molecule has 2 aromatic carbocycles. The van der Waals surface area contributed by atoms with Crippen LogP contribution in [0.5, 0.6) is 0 Å². The molecular formula is C23H18N4O. The van der Waals surface area contributed by atoms with E-state index in [2.05, 4.69) is 32.4 Å². The van der Waals surface area contributed by atoms with Gasteiger partial charge in [0.15, 0.2) is 0 Å². The minimum atomic E-state index is -0.253. The van der Waals surface area contributed by atoms with Crippen LogP contribution < -0.4 is 10.6 Å². The third kappa shape index (κ3) is 4.02. The fourth-order valence-electron chi connectivity index (χ4n) is 2.87. The number of aromatic amines is 1.